The van der Waals surface area contributed by atoms with Crippen molar-refractivity contribution in [2.24, 2.45) is 0 Å². The minimum Gasteiger partial charge on any atom is -0.431 e. The van der Waals surface area contributed by atoms with Crippen LogP contribution in [0.25, 0.3) is 0 Å². The lowest BCUT2D eigenvalue weighted by molar-refractivity contribution is -0.137. The molecule has 1 aliphatic rings. The van der Waals surface area contributed by atoms with Crippen molar-refractivity contribution in [3.8, 4) is 0 Å². The summed E-state index contributed by atoms with van der Waals surface area (Å²) in [7, 11) is -4.15. The minimum absolute atomic E-state index is 0.0784. The zero-order chi connectivity index (χ0) is 22.8. The predicted molar refractivity (Wildman–Crippen MR) is 104 cm³/mol. The fourth-order valence-electron chi connectivity index (χ4n) is 2.95. The molecule has 1 unspecified atom stereocenters. The Kier molecular flexibility index (Phi) is 6.57. The van der Waals surface area contributed by atoms with Crippen molar-refractivity contribution in [3.05, 3.63) is 41.3 Å². The summed E-state index contributed by atoms with van der Waals surface area (Å²) in [6, 6.07) is 2.37. The molecule has 1 atom stereocenters. The SMILES string of the molecule is Cc1ccc(C(F)(F)F)cc1Nc1nc(C(=O)NS(=O)(=O)N2CCCOCC2C)co1. The molecule has 13 heteroatoms. The highest BCUT2D eigenvalue weighted by molar-refractivity contribution is 7.87. The second-order valence-corrected chi connectivity index (χ2v) is 8.64. The van der Waals surface area contributed by atoms with Crippen molar-refractivity contribution in [2.45, 2.75) is 32.5 Å². The Bertz CT molecular complexity index is 1050. The molecule has 9 nitrogen and oxygen atoms in total. The first-order chi connectivity index (χ1) is 14.5. The number of hydrogen-bond acceptors (Lipinski definition) is 7. The summed E-state index contributed by atoms with van der Waals surface area (Å²) in [6.07, 6.45) is -3.14. The molecule has 1 amide bonds. The highest BCUT2D eigenvalue weighted by Gasteiger charge is 2.32. The molecule has 31 heavy (non-hydrogen) atoms. The molecule has 170 valence electrons. The summed E-state index contributed by atoms with van der Waals surface area (Å²) < 4.78 is 77.3. The Balaban J connectivity index is 1.73. The van der Waals surface area contributed by atoms with E-state index in [4.69, 9.17) is 9.15 Å². The number of ether oxygens (including phenoxy) is 1. The Hall–Kier alpha value is -2.64. The van der Waals surface area contributed by atoms with E-state index < -0.39 is 33.9 Å². The van der Waals surface area contributed by atoms with Gasteiger partial charge in [-0.3, -0.25) is 4.79 Å². The number of halogens is 3. The number of nitrogens with zero attached hydrogens (tertiary/aromatic N) is 2. The van der Waals surface area contributed by atoms with Gasteiger partial charge in [0, 0.05) is 24.9 Å². The standard InChI is InChI=1S/C18H21F3N4O5S/c1-11-4-5-13(18(19,20)21)8-14(11)22-17-23-15(10-30-17)16(26)24-31(27,28)25-6-3-7-29-9-12(25)2/h4-5,8,10,12H,3,6-7,9H2,1-2H3,(H,22,23)(H,24,26). The van der Waals surface area contributed by atoms with E-state index in [1.165, 1.54) is 6.07 Å². The first-order valence-electron chi connectivity index (χ1n) is 9.29. The maximum atomic E-state index is 12.9. The van der Waals surface area contributed by atoms with Crippen molar-refractivity contribution in [2.75, 3.05) is 25.1 Å². The van der Waals surface area contributed by atoms with Crippen LogP contribution in [-0.4, -0.2) is 49.4 Å². The van der Waals surface area contributed by atoms with Crippen molar-refractivity contribution < 1.29 is 35.5 Å². The van der Waals surface area contributed by atoms with Crippen LogP contribution in [0, 0.1) is 6.92 Å². The van der Waals surface area contributed by atoms with E-state index in [1.807, 2.05) is 4.72 Å². The van der Waals surface area contributed by atoms with Crippen LogP contribution < -0.4 is 10.0 Å². The largest absolute Gasteiger partial charge is 0.431 e. The molecule has 0 bridgehead atoms. The number of carbonyl (C=O) groups excluding carboxylic acids is 1. The summed E-state index contributed by atoms with van der Waals surface area (Å²) in [5, 5.41) is 2.57. The molecular weight excluding hydrogens is 441 g/mol. The van der Waals surface area contributed by atoms with E-state index in [1.54, 1.807) is 13.8 Å². The molecule has 1 saturated heterocycles. The fourth-order valence-corrected chi connectivity index (χ4v) is 4.31. The molecule has 0 spiro atoms. The summed E-state index contributed by atoms with van der Waals surface area (Å²) in [6.45, 7) is 4.04. The predicted octanol–water partition coefficient (Wildman–Crippen LogP) is 2.83. The van der Waals surface area contributed by atoms with E-state index in [-0.39, 0.29) is 30.5 Å². The smallest absolute Gasteiger partial charge is 0.416 e. The Labute approximate surface area is 176 Å². The number of rotatable bonds is 5. The number of alkyl halides is 3. The van der Waals surface area contributed by atoms with Crippen LogP contribution in [0.5, 0.6) is 0 Å². The Morgan fingerprint density at radius 2 is 2.06 bits per heavy atom. The number of oxazole rings is 1. The minimum atomic E-state index is -4.53. The molecule has 1 aromatic heterocycles. The number of carbonyl (C=O) groups is 1. The molecule has 1 aliphatic heterocycles. The van der Waals surface area contributed by atoms with Crippen LogP contribution in [0.3, 0.4) is 0 Å². The van der Waals surface area contributed by atoms with Gasteiger partial charge in [-0.2, -0.15) is 30.9 Å². The first kappa shape index (κ1) is 23.0. The van der Waals surface area contributed by atoms with E-state index >= 15 is 0 Å². The number of nitrogens with one attached hydrogen (secondary N) is 2. The second-order valence-electron chi connectivity index (χ2n) is 7.01. The molecule has 2 N–H and O–H groups in total. The number of amides is 1. The third-order valence-corrected chi connectivity index (χ3v) is 6.19. The average Bonchev–Trinajstić information content (AvgIpc) is 3.02. The second kappa shape index (κ2) is 8.85. The monoisotopic (exact) mass is 462 g/mol. The molecule has 0 radical (unpaired) electrons. The number of aromatic nitrogens is 1. The van der Waals surface area contributed by atoms with Crippen molar-refractivity contribution in [3.63, 3.8) is 0 Å². The zero-order valence-corrected chi connectivity index (χ0v) is 17.5. The molecule has 2 heterocycles. The normalized spacial score (nSPS) is 18.4. The van der Waals surface area contributed by atoms with Gasteiger partial charge in [-0.15, -0.1) is 0 Å². The summed E-state index contributed by atoms with van der Waals surface area (Å²) in [5.74, 6) is -1.03. The van der Waals surface area contributed by atoms with E-state index in [0.717, 1.165) is 22.7 Å². The van der Waals surface area contributed by atoms with Crippen molar-refractivity contribution >= 4 is 27.8 Å². The van der Waals surface area contributed by atoms with Gasteiger partial charge in [-0.05, 0) is 38.0 Å². The molecule has 0 aliphatic carbocycles. The van der Waals surface area contributed by atoms with Gasteiger partial charge in [0.2, 0.25) is 0 Å². The number of anilines is 2. The van der Waals surface area contributed by atoms with Crippen molar-refractivity contribution in [1.82, 2.24) is 14.0 Å². The molecule has 1 fully saturated rings. The molecular formula is C18H21F3N4O5S. The zero-order valence-electron chi connectivity index (χ0n) is 16.7. The highest BCUT2D eigenvalue weighted by atomic mass is 32.2. The summed E-state index contributed by atoms with van der Waals surface area (Å²) >= 11 is 0. The van der Waals surface area contributed by atoms with Crippen LogP contribution in [0.4, 0.5) is 24.9 Å². The van der Waals surface area contributed by atoms with Crippen molar-refractivity contribution in [1.29, 1.82) is 0 Å². The van der Waals surface area contributed by atoms with Crippen LogP contribution >= 0.6 is 0 Å². The van der Waals surface area contributed by atoms with Gasteiger partial charge >= 0.3 is 16.4 Å². The highest BCUT2D eigenvalue weighted by Crippen LogP contribution is 2.33. The third kappa shape index (κ3) is 5.54. The lowest BCUT2D eigenvalue weighted by Crippen LogP contribution is -2.48. The molecule has 0 saturated carbocycles. The maximum absolute atomic E-state index is 12.9. The lowest BCUT2D eigenvalue weighted by Gasteiger charge is -2.25. The Morgan fingerprint density at radius 3 is 2.77 bits per heavy atom. The van der Waals surface area contributed by atoms with Gasteiger partial charge in [-0.25, -0.2) is 4.72 Å². The van der Waals surface area contributed by atoms with E-state index in [2.05, 4.69) is 10.3 Å². The van der Waals surface area contributed by atoms with E-state index in [9.17, 15) is 26.4 Å². The molecule has 1 aromatic carbocycles. The maximum Gasteiger partial charge on any atom is 0.416 e. The average molecular weight is 462 g/mol. The number of hydrogen-bond donors (Lipinski definition) is 2. The summed E-state index contributed by atoms with van der Waals surface area (Å²) in [4.78, 5) is 16.2. The van der Waals surface area contributed by atoms with Crippen LogP contribution in [0.2, 0.25) is 0 Å². The fraction of sp³-hybridized carbons (Fsp3) is 0.444. The van der Waals surface area contributed by atoms with Gasteiger partial charge in [0.25, 0.3) is 11.9 Å². The number of aryl methyl sites for hydroxylation is 1. The van der Waals surface area contributed by atoms with Crippen LogP contribution in [-0.2, 0) is 21.1 Å². The van der Waals surface area contributed by atoms with Gasteiger partial charge in [-0.1, -0.05) is 6.07 Å². The van der Waals surface area contributed by atoms with E-state index in [0.29, 0.717) is 18.6 Å². The first-order valence-corrected chi connectivity index (χ1v) is 10.7. The van der Waals surface area contributed by atoms with Gasteiger partial charge in [0.05, 0.1) is 12.2 Å². The lowest BCUT2D eigenvalue weighted by atomic mass is 10.1. The molecule has 2 aromatic rings. The van der Waals surface area contributed by atoms with Crippen LogP contribution in [0.1, 0.15) is 35.0 Å². The molecule has 3 rings (SSSR count). The topological polar surface area (TPSA) is 114 Å². The third-order valence-electron chi connectivity index (χ3n) is 4.59. The van der Waals surface area contributed by atoms with Gasteiger partial charge in [0.15, 0.2) is 5.69 Å². The van der Waals surface area contributed by atoms with Gasteiger partial charge in [0.1, 0.15) is 6.26 Å². The van der Waals surface area contributed by atoms with Gasteiger partial charge < -0.3 is 14.5 Å². The summed E-state index contributed by atoms with van der Waals surface area (Å²) in [5.41, 5.74) is -0.659. The number of benzene rings is 1. The Morgan fingerprint density at radius 1 is 1.32 bits per heavy atom. The van der Waals surface area contributed by atoms with Crippen LogP contribution in [0.15, 0.2) is 28.9 Å². The quantitative estimate of drug-likeness (QED) is 0.702.